The molecule has 5 rings (SSSR count). The first kappa shape index (κ1) is 31.1. The maximum atomic E-state index is 13.1. The molecule has 0 spiro atoms. The van der Waals surface area contributed by atoms with Crippen LogP contribution in [0.25, 0.3) is 0 Å². The minimum absolute atomic E-state index is 0.0128. The summed E-state index contributed by atoms with van der Waals surface area (Å²) in [4.78, 5) is 55.5. The van der Waals surface area contributed by atoms with Gasteiger partial charge in [0, 0.05) is 11.8 Å². The Morgan fingerprint density at radius 1 is 0.909 bits per heavy atom. The maximum Gasteiger partial charge on any atom is 0.351 e. The molecule has 1 unspecified atom stereocenters. The van der Waals surface area contributed by atoms with Crippen molar-refractivity contribution in [3.63, 3.8) is 0 Å². The molecule has 226 valence electrons. The highest BCUT2D eigenvalue weighted by atomic mass is 79.9. The van der Waals surface area contributed by atoms with Crippen LogP contribution in [-0.2, 0) is 14.2 Å². The zero-order valence-corrected chi connectivity index (χ0v) is 25.9. The number of carbonyl (C=O) groups is 3. The Morgan fingerprint density at radius 2 is 1.50 bits per heavy atom. The quantitative estimate of drug-likeness (QED) is 0.193. The number of carbonyl (C=O) groups excluding carboxylic acids is 3. The van der Waals surface area contributed by atoms with E-state index in [4.69, 9.17) is 25.8 Å². The second-order valence-electron chi connectivity index (χ2n) is 10.2. The SMILES string of the molecule is Cc1ccc(C(=O)OC[C@H]2OC(n3ccc(NC(=O)c4ccccc4)nc3=O)[C@@](Cl)(Br)[C@@H]2OC(=O)c2ccc(C)cc2)cc1. The number of amides is 1. The molecule has 4 atom stereocenters. The number of rotatable bonds is 8. The molecule has 0 bridgehead atoms. The Balaban J connectivity index is 1.39. The van der Waals surface area contributed by atoms with Gasteiger partial charge in [-0.2, -0.15) is 4.98 Å². The fourth-order valence-electron chi connectivity index (χ4n) is 4.49. The number of nitrogens with one attached hydrogen (secondary N) is 1. The van der Waals surface area contributed by atoms with Crippen LogP contribution in [0.2, 0.25) is 0 Å². The molecule has 2 heterocycles. The second-order valence-corrected chi connectivity index (χ2v) is 12.6. The summed E-state index contributed by atoms with van der Waals surface area (Å²) in [6.45, 7) is 3.43. The molecule has 1 aliphatic rings. The molecule has 10 nitrogen and oxygen atoms in total. The molecular formula is C32H27BrClN3O7. The first-order valence-corrected chi connectivity index (χ1v) is 14.7. The number of hydrogen-bond acceptors (Lipinski definition) is 8. The van der Waals surface area contributed by atoms with Crippen LogP contribution in [0.1, 0.15) is 48.4 Å². The standard InChI is InChI=1S/C32H27BrClN3O7/c1-19-8-12-22(13-9-19)28(39)42-18-24-26(44-29(40)23-14-10-20(2)11-15-23)32(33,34)30(43-24)37-17-16-25(36-31(37)41)35-27(38)21-6-4-3-5-7-21/h3-17,24,26,30H,18H2,1-2H3,(H,35,36,38,41)/t24-,26-,30?,32-/m1/s1. The average Bonchev–Trinajstić information content (AvgIpc) is 3.25. The van der Waals surface area contributed by atoms with E-state index in [1.807, 2.05) is 13.8 Å². The number of benzene rings is 3. The van der Waals surface area contributed by atoms with Gasteiger partial charge in [0.15, 0.2) is 16.1 Å². The van der Waals surface area contributed by atoms with E-state index in [-0.39, 0.29) is 18.0 Å². The summed E-state index contributed by atoms with van der Waals surface area (Å²) < 4.78 is 16.8. The van der Waals surface area contributed by atoms with Crippen LogP contribution < -0.4 is 11.0 Å². The van der Waals surface area contributed by atoms with Gasteiger partial charge in [-0.3, -0.25) is 9.36 Å². The van der Waals surface area contributed by atoms with Crippen LogP contribution in [0, 0.1) is 13.8 Å². The molecule has 1 aromatic heterocycles. The lowest BCUT2D eigenvalue weighted by molar-refractivity contribution is -0.0582. The molecule has 1 N–H and O–H groups in total. The Hall–Kier alpha value is -4.32. The van der Waals surface area contributed by atoms with Crippen LogP contribution in [0.3, 0.4) is 0 Å². The topological polar surface area (TPSA) is 126 Å². The first-order chi connectivity index (χ1) is 21.0. The van der Waals surface area contributed by atoms with Crippen molar-refractivity contribution in [1.29, 1.82) is 0 Å². The third kappa shape index (κ3) is 6.91. The van der Waals surface area contributed by atoms with Crippen molar-refractivity contribution in [3.05, 3.63) is 129 Å². The lowest BCUT2D eigenvalue weighted by atomic mass is 10.1. The van der Waals surface area contributed by atoms with E-state index in [1.165, 1.54) is 12.3 Å². The fraction of sp³-hybridized carbons (Fsp3) is 0.219. The molecule has 44 heavy (non-hydrogen) atoms. The molecule has 1 saturated heterocycles. The van der Waals surface area contributed by atoms with Gasteiger partial charge in [-0.15, -0.1) is 0 Å². The molecule has 1 aliphatic heterocycles. The van der Waals surface area contributed by atoms with Crippen molar-refractivity contribution in [2.24, 2.45) is 0 Å². The Bertz CT molecular complexity index is 1730. The van der Waals surface area contributed by atoms with E-state index in [0.717, 1.165) is 15.7 Å². The molecule has 0 radical (unpaired) electrons. The molecule has 4 aromatic rings. The highest BCUT2D eigenvalue weighted by molar-refractivity contribution is 9.10. The van der Waals surface area contributed by atoms with Gasteiger partial charge < -0.3 is 19.5 Å². The van der Waals surface area contributed by atoms with E-state index in [0.29, 0.717) is 11.1 Å². The van der Waals surface area contributed by atoms with Crippen LogP contribution >= 0.6 is 27.5 Å². The van der Waals surface area contributed by atoms with Crippen molar-refractivity contribution >= 4 is 51.2 Å². The number of halogens is 2. The smallest absolute Gasteiger partial charge is 0.351 e. The summed E-state index contributed by atoms with van der Waals surface area (Å²) in [6, 6.07) is 23.4. The lowest BCUT2D eigenvalue weighted by Crippen LogP contribution is -2.43. The van der Waals surface area contributed by atoms with E-state index in [9.17, 15) is 19.2 Å². The number of ether oxygens (including phenoxy) is 3. The summed E-state index contributed by atoms with van der Waals surface area (Å²) in [5.74, 6) is -1.74. The van der Waals surface area contributed by atoms with Crippen LogP contribution in [-0.4, -0.2) is 50.0 Å². The van der Waals surface area contributed by atoms with Gasteiger partial charge in [0.05, 0.1) is 11.1 Å². The predicted octanol–water partition coefficient (Wildman–Crippen LogP) is 5.42. The molecule has 0 aliphatic carbocycles. The molecule has 12 heteroatoms. The van der Waals surface area contributed by atoms with E-state index < -0.39 is 45.8 Å². The van der Waals surface area contributed by atoms with Gasteiger partial charge in [0.25, 0.3) is 5.91 Å². The molecular weight excluding hydrogens is 654 g/mol. The summed E-state index contributed by atoms with van der Waals surface area (Å²) in [5.41, 5.74) is 2.11. The fourth-order valence-corrected chi connectivity index (χ4v) is 5.55. The lowest BCUT2D eigenvalue weighted by Gasteiger charge is -2.27. The van der Waals surface area contributed by atoms with E-state index in [2.05, 4.69) is 26.2 Å². The zero-order valence-electron chi connectivity index (χ0n) is 23.6. The number of alkyl halides is 2. The first-order valence-electron chi connectivity index (χ1n) is 13.5. The van der Waals surface area contributed by atoms with E-state index in [1.54, 1.807) is 78.9 Å². The number of hydrogen-bond donors (Lipinski definition) is 1. The Morgan fingerprint density at radius 3 is 2.09 bits per heavy atom. The second kappa shape index (κ2) is 13.1. The minimum Gasteiger partial charge on any atom is -0.459 e. The summed E-state index contributed by atoms with van der Waals surface area (Å²) in [7, 11) is 0. The van der Waals surface area contributed by atoms with Crippen molar-refractivity contribution in [1.82, 2.24) is 9.55 Å². The number of anilines is 1. The summed E-state index contributed by atoms with van der Waals surface area (Å²) in [6.07, 6.45) is -2.22. The van der Waals surface area contributed by atoms with Crippen molar-refractivity contribution in [2.45, 2.75) is 36.1 Å². The molecule has 3 aromatic carbocycles. The van der Waals surface area contributed by atoms with Crippen molar-refractivity contribution < 1.29 is 28.6 Å². The average molecular weight is 681 g/mol. The van der Waals surface area contributed by atoms with Crippen molar-refractivity contribution in [3.8, 4) is 0 Å². The van der Waals surface area contributed by atoms with Gasteiger partial charge >= 0.3 is 17.6 Å². The predicted molar refractivity (Wildman–Crippen MR) is 166 cm³/mol. The summed E-state index contributed by atoms with van der Waals surface area (Å²) >= 11 is 10.3. The molecule has 1 amide bonds. The van der Waals surface area contributed by atoms with Gasteiger partial charge in [0.2, 0.25) is 0 Å². The Kier molecular flexibility index (Phi) is 9.28. The normalized spacial score (nSPS) is 21.0. The van der Waals surface area contributed by atoms with Gasteiger partial charge in [-0.1, -0.05) is 81.1 Å². The largest absolute Gasteiger partial charge is 0.459 e. The number of aromatic nitrogens is 2. The monoisotopic (exact) mass is 679 g/mol. The third-order valence-electron chi connectivity index (χ3n) is 6.90. The van der Waals surface area contributed by atoms with Gasteiger partial charge in [-0.05, 0) is 56.3 Å². The highest BCUT2D eigenvalue weighted by Crippen LogP contribution is 2.49. The third-order valence-corrected chi connectivity index (χ3v) is 8.14. The van der Waals surface area contributed by atoms with Gasteiger partial charge in [0.1, 0.15) is 18.5 Å². The van der Waals surface area contributed by atoms with E-state index >= 15 is 0 Å². The van der Waals surface area contributed by atoms with Crippen LogP contribution in [0.4, 0.5) is 5.82 Å². The number of esters is 2. The number of nitrogens with zero attached hydrogens (tertiary/aromatic N) is 2. The summed E-state index contributed by atoms with van der Waals surface area (Å²) in [5, 5.41) is 2.58. The highest BCUT2D eigenvalue weighted by Gasteiger charge is 2.58. The van der Waals surface area contributed by atoms with Crippen LogP contribution in [0.15, 0.2) is 95.9 Å². The molecule has 1 fully saturated rings. The maximum absolute atomic E-state index is 13.1. The van der Waals surface area contributed by atoms with Gasteiger partial charge in [-0.25, -0.2) is 14.4 Å². The minimum atomic E-state index is -1.69. The van der Waals surface area contributed by atoms with Crippen LogP contribution in [0.5, 0.6) is 0 Å². The number of aryl methyl sites for hydroxylation is 2. The Labute approximate surface area is 266 Å². The zero-order chi connectivity index (χ0) is 31.4. The van der Waals surface area contributed by atoms with Crippen molar-refractivity contribution in [2.75, 3.05) is 11.9 Å². The molecule has 0 saturated carbocycles.